The molecule has 0 amide bonds. The maximum absolute atomic E-state index is 6.23. The van der Waals surface area contributed by atoms with E-state index in [1.807, 2.05) is 18.2 Å². The second-order valence-corrected chi connectivity index (χ2v) is 5.53. The van der Waals surface area contributed by atoms with Crippen molar-refractivity contribution in [2.45, 2.75) is 58.8 Å². The summed E-state index contributed by atoms with van der Waals surface area (Å²) in [5.41, 5.74) is 1.12. The van der Waals surface area contributed by atoms with Crippen molar-refractivity contribution < 1.29 is 9.47 Å². The van der Waals surface area contributed by atoms with E-state index in [1.54, 1.807) is 7.11 Å². The zero-order chi connectivity index (χ0) is 15.0. The molecule has 0 aliphatic carbocycles. The number of para-hydroxylation sites is 1. The van der Waals surface area contributed by atoms with E-state index in [1.165, 1.54) is 0 Å². The van der Waals surface area contributed by atoms with Crippen molar-refractivity contribution in [2.24, 2.45) is 0 Å². The molecule has 114 valence electrons. The number of methoxy groups -OCH3 is 1. The van der Waals surface area contributed by atoms with Crippen molar-refractivity contribution in [1.82, 2.24) is 5.32 Å². The molecule has 1 rings (SSSR count). The van der Waals surface area contributed by atoms with E-state index in [0.29, 0.717) is 6.04 Å². The summed E-state index contributed by atoms with van der Waals surface area (Å²) in [6, 6.07) is 8.55. The van der Waals surface area contributed by atoms with Crippen molar-refractivity contribution >= 4 is 0 Å². The average molecular weight is 279 g/mol. The molecule has 3 heteroatoms. The van der Waals surface area contributed by atoms with Gasteiger partial charge in [0.05, 0.1) is 19.3 Å². The molecule has 3 nitrogen and oxygen atoms in total. The average Bonchev–Trinajstić information content (AvgIpc) is 2.43. The maximum atomic E-state index is 6.23. The van der Waals surface area contributed by atoms with Gasteiger partial charge in [-0.25, -0.2) is 0 Å². The Labute approximate surface area is 123 Å². The number of hydrogen-bond donors (Lipinski definition) is 1. The van der Waals surface area contributed by atoms with Gasteiger partial charge in [-0.05, 0) is 19.4 Å². The summed E-state index contributed by atoms with van der Waals surface area (Å²) >= 11 is 0. The lowest BCUT2D eigenvalue weighted by Gasteiger charge is -2.25. The van der Waals surface area contributed by atoms with Crippen LogP contribution >= 0.6 is 0 Å². The fourth-order valence-electron chi connectivity index (χ4n) is 2.26. The summed E-state index contributed by atoms with van der Waals surface area (Å²) in [4.78, 5) is 0. The summed E-state index contributed by atoms with van der Waals surface area (Å²) < 4.78 is 11.7. The van der Waals surface area contributed by atoms with Gasteiger partial charge in [-0.15, -0.1) is 0 Å². The largest absolute Gasteiger partial charge is 0.496 e. The minimum atomic E-state index is 0.0232. The van der Waals surface area contributed by atoms with Crippen LogP contribution in [0.2, 0.25) is 0 Å². The van der Waals surface area contributed by atoms with E-state index in [-0.39, 0.29) is 12.2 Å². The lowest BCUT2D eigenvalue weighted by molar-refractivity contribution is -0.00911. The minimum Gasteiger partial charge on any atom is -0.496 e. The molecule has 20 heavy (non-hydrogen) atoms. The predicted molar refractivity (Wildman–Crippen MR) is 84.3 cm³/mol. The molecule has 0 spiro atoms. The Balaban J connectivity index is 2.84. The van der Waals surface area contributed by atoms with E-state index >= 15 is 0 Å². The van der Waals surface area contributed by atoms with E-state index in [0.717, 1.165) is 30.7 Å². The van der Waals surface area contributed by atoms with E-state index in [2.05, 4.69) is 39.1 Å². The lowest BCUT2D eigenvalue weighted by Crippen LogP contribution is -2.30. The van der Waals surface area contributed by atoms with Crippen LogP contribution in [0.4, 0.5) is 0 Å². The first-order chi connectivity index (χ1) is 9.58. The normalized spacial score (nSPS) is 14.3. The third kappa shape index (κ3) is 5.51. The molecular formula is C17H29NO2. The molecule has 1 N–H and O–H groups in total. The molecule has 0 heterocycles. The van der Waals surface area contributed by atoms with Crippen LogP contribution in [0.5, 0.6) is 5.75 Å². The summed E-state index contributed by atoms with van der Waals surface area (Å²) in [6.07, 6.45) is 2.49. The number of ether oxygens (including phenoxy) is 2. The van der Waals surface area contributed by atoms with Gasteiger partial charge >= 0.3 is 0 Å². The van der Waals surface area contributed by atoms with Gasteiger partial charge in [0.2, 0.25) is 0 Å². The topological polar surface area (TPSA) is 30.5 Å². The highest BCUT2D eigenvalue weighted by Crippen LogP contribution is 2.28. The van der Waals surface area contributed by atoms with Crippen molar-refractivity contribution in [2.75, 3.05) is 13.7 Å². The predicted octanol–water partition coefficient (Wildman–Crippen LogP) is 3.94. The van der Waals surface area contributed by atoms with Crippen LogP contribution in [0, 0.1) is 0 Å². The van der Waals surface area contributed by atoms with Crippen LogP contribution in [-0.2, 0) is 4.74 Å². The van der Waals surface area contributed by atoms with Crippen molar-refractivity contribution in [3.05, 3.63) is 29.8 Å². The Morgan fingerprint density at radius 2 is 1.85 bits per heavy atom. The molecule has 0 saturated carbocycles. The quantitative estimate of drug-likeness (QED) is 0.742. The molecular weight excluding hydrogens is 250 g/mol. The number of benzene rings is 1. The summed E-state index contributed by atoms with van der Waals surface area (Å²) in [6.45, 7) is 9.42. The molecule has 0 aromatic heterocycles. The molecule has 0 aliphatic heterocycles. The molecule has 0 aliphatic rings. The Kier molecular flexibility index (Phi) is 7.63. The SMILES string of the molecule is CCCC(C)OC(CNC(C)C)c1ccccc1OC. The molecule has 0 radical (unpaired) electrons. The van der Waals surface area contributed by atoms with Crippen molar-refractivity contribution in [1.29, 1.82) is 0 Å². The van der Waals surface area contributed by atoms with Crippen molar-refractivity contribution in [3.8, 4) is 5.75 Å². The standard InChI is InChI=1S/C17H29NO2/c1-6-9-14(4)20-17(12-18-13(2)3)15-10-7-8-11-16(15)19-5/h7-8,10-11,13-14,17-18H,6,9,12H2,1-5H3. The minimum absolute atomic E-state index is 0.0232. The van der Waals surface area contributed by atoms with Gasteiger partial charge in [0, 0.05) is 18.2 Å². The first kappa shape index (κ1) is 17.0. The summed E-state index contributed by atoms with van der Waals surface area (Å²) in [7, 11) is 1.71. The first-order valence-electron chi connectivity index (χ1n) is 7.60. The Morgan fingerprint density at radius 3 is 2.45 bits per heavy atom. The van der Waals surface area contributed by atoms with Crippen LogP contribution in [0.25, 0.3) is 0 Å². The summed E-state index contributed by atoms with van der Waals surface area (Å²) in [5.74, 6) is 0.895. The third-order valence-electron chi connectivity index (χ3n) is 3.29. The summed E-state index contributed by atoms with van der Waals surface area (Å²) in [5, 5.41) is 3.46. The molecule has 2 atom stereocenters. The Hall–Kier alpha value is -1.06. The van der Waals surface area contributed by atoms with E-state index < -0.39 is 0 Å². The number of nitrogens with one attached hydrogen (secondary N) is 1. The Bertz CT molecular complexity index is 379. The van der Waals surface area contributed by atoms with Crippen LogP contribution in [0.15, 0.2) is 24.3 Å². The molecule has 0 fully saturated rings. The van der Waals surface area contributed by atoms with Gasteiger partial charge in [0.1, 0.15) is 5.75 Å². The second kappa shape index (κ2) is 8.98. The van der Waals surface area contributed by atoms with Gasteiger partial charge in [-0.2, -0.15) is 0 Å². The van der Waals surface area contributed by atoms with Gasteiger partial charge in [0.25, 0.3) is 0 Å². The smallest absolute Gasteiger partial charge is 0.124 e. The van der Waals surface area contributed by atoms with Crippen LogP contribution in [-0.4, -0.2) is 25.8 Å². The Morgan fingerprint density at radius 1 is 1.15 bits per heavy atom. The zero-order valence-electron chi connectivity index (χ0n) is 13.5. The van der Waals surface area contributed by atoms with Crippen LogP contribution in [0.1, 0.15) is 52.2 Å². The van der Waals surface area contributed by atoms with Crippen molar-refractivity contribution in [3.63, 3.8) is 0 Å². The second-order valence-electron chi connectivity index (χ2n) is 5.53. The third-order valence-corrected chi connectivity index (χ3v) is 3.29. The lowest BCUT2D eigenvalue weighted by atomic mass is 10.1. The van der Waals surface area contributed by atoms with Crippen LogP contribution < -0.4 is 10.1 Å². The molecule has 1 aromatic rings. The van der Waals surface area contributed by atoms with Gasteiger partial charge in [-0.3, -0.25) is 0 Å². The zero-order valence-corrected chi connectivity index (χ0v) is 13.5. The molecule has 0 saturated heterocycles. The highest BCUT2D eigenvalue weighted by atomic mass is 16.5. The monoisotopic (exact) mass is 279 g/mol. The molecule has 0 bridgehead atoms. The van der Waals surface area contributed by atoms with E-state index in [9.17, 15) is 0 Å². The number of rotatable bonds is 9. The first-order valence-corrected chi connectivity index (χ1v) is 7.60. The van der Waals surface area contributed by atoms with Crippen LogP contribution in [0.3, 0.4) is 0 Å². The molecule has 2 unspecified atom stereocenters. The fourth-order valence-corrected chi connectivity index (χ4v) is 2.26. The molecule has 1 aromatic carbocycles. The maximum Gasteiger partial charge on any atom is 0.124 e. The highest BCUT2D eigenvalue weighted by molar-refractivity contribution is 5.35. The van der Waals surface area contributed by atoms with Gasteiger partial charge in [0.15, 0.2) is 0 Å². The fraction of sp³-hybridized carbons (Fsp3) is 0.647. The van der Waals surface area contributed by atoms with E-state index in [4.69, 9.17) is 9.47 Å². The van der Waals surface area contributed by atoms with Gasteiger partial charge in [-0.1, -0.05) is 45.4 Å². The number of hydrogen-bond acceptors (Lipinski definition) is 3. The highest BCUT2D eigenvalue weighted by Gasteiger charge is 2.19. The van der Waals surface area contributed by atoms with Gasteiger partial charge < -0.3 is 14.8 Å².